The molecule has 0 aliphatic heterocycles. The van der Waals surface area contributed by atoms with E-state index in [4.69, 9.17) is 4.74 Å². The summed E-state index contributed by atoms with van der Waals surface area (Å²) in [6.45, 7) is 2.23. The van der Waals surface area contributed by atoms with Gasteiger partial charge in [0.15, 0.2) is 6.61 Å². The van der Waals surface area contributed by atoms with Gasteiger partial charge in [0.25, 0.3) is 5.91 Å². The minimum atomic E-state index is -0.535. The molecule has 0 aliphatic rings. The quantitative estimate of drug-likeness (QED) is 0.691. The van der Waals surface area contributed by atoms with Crippen molar-refractivity contribution in [1.29, 1.82) is 0 Å². The highest BCUT2D eigenvalue weighted by Crippen LogP contribution is 2.25. The van der Waals surface area contributed by atoms with Crippen LogP contribution < -0.4 is 5.32 Å². The average Bonchev–Trinajstić information content (AvgIpc) is 2.70. The molecule has 1 heterocycles. The minimum absolute atomic E-state index is 0.295. The van der Waals surface area contributed by atoms with Crippen molar-refractivity contribution < 1.29 is 14.3 Å². The highest BCUT2D eigenvalue weighted by Gasteiger charge is 2.16. The molecule has 3 rings (SSSR count). The lowest BCUT2D eigenvalue weighted by atomic mass is 10.0. The van der Waals surface area contributed by atoms with Gasteiger partial charge in [-0.25, -0.2) is 9.78 Å². The lowest BCUT2D eigenvalue weighted by Crippen LogP contribution is -2.29. The number of esters is 1. The smallest absolute Gasteiger partial charge is 0.339 e. The van der Waals surface area contributed by atoms with Crippen LogP contribution in [0.15, 0.2) is 60.7 Å². The number of carbonyl (C=O) groups is 2. The molecule has 0 aliphatic carbocycles. The van der Waals surface area contributed by atoms with Crippen LogP contribution in [0.25, 0.3) is 22.2 Å². The molecule has 1 amide bonds. The fourth-order valence-electron chi connectivity index (χ4n) is 2.63. The van der Waals surface area contributed by atoms with Crippen molar-refractivity contribution in [2.24, 2.45) is 0 Å². The number of nitrogens with zero attached hydrogens (tertiary/aromatic N) is 1. The number of hydrogen-bond donors (Lipinski definition) is 1. The van der Waals surface area contributed by atoms with Gasteiger partial charge in [-0.2, -0.15) is 0 Å². The van der Waals surface area contributed by atoms with E-state index in [-0.39, 0.29) is 12.5 Å². The molecular weight excluding hydrogens is 328 g/mol. The number of amides is 1. The van der Waals surface area contributed by atoms with Crippen LogP contribution in [0.5, 0.6) is 0 Å². The number of fused-ring (bicyclic) bond motifs is 1. The molecule has 5 nitrogen and oxygen atoms in total. The van der Waals surface area contributed by atoms with E-state index in [0.717, 1.165) is 12.0 Å². The number of carbonyl (C=O) groups excluding carboxylic acids is 2. The maximum Gasteiger partial charge on any atom is 0.339 e. The molecule has 26 heavy (non-hydrogen) atoms. The molecule has 0 atom stereocenters. The van der Waals surface area contributed by atoms with Gasteiger partial charge in [0, 0.05) is 17.5 Å². The molecule has 5 heteroatoms. The monoisotopic (exact) mass is 348 g/mol. The van der Waals surface area contributed by atoms with Crippen LogP contribution >= 0.6 is 0 Å². The maximum atomic E-state index is 12.6. The van der Waals surface area contributed by atoms with Gasteiger partial charge in [0.2, 0.25) is 0 Å². The first-order chi connectivity index (χ1) is 12.7. The maximum absolute atomic E-state index is 12.6. The van der Waals surface area contributed by atoms with E-state index in [1.807, 2.05) is 61.5 Å². The number of para-hydroxylation sites is 1. The van der Waals surface area contributed by atoms with Gasteiger partial charge in [-0.3, -0.25) is 4.79 Å². The van der Waals surface area contributed by atoms with Crippen molar-refractivity contribution in [3.05, 3.63) is 66.2 Å². The minimum Gasteiger partial charge on any atom is -0.452 e. The number of pyridine rings is 1. The molecule has 0 spiro atoms. The number of benzene rings is 2. The average molecular weight is 348 g/mol. The molecule has 1 N–H and O–H groups in total. The third-order valence-corrected chi connectivity index (χ3v) is 3.91. The van der Waals surface area contributed by atoms with E-state index in [2.05, 4.69) is 10.3 Å². The van der Waals surface area contributed by atoms with Crippen molar-refractivity contribution in [2.75, 3.05) is 13.2 Å². The SMILES string of the molecule is CCCNC(=O)COC(=O)c1cc(-c2ccccc2)nc2ccccc12. The van der Waals surface area contributed by atoms with Crippen molar-refractivity contribution in [1.82, 2.24) is 10.3 Å². The van der Waals surface area contributed by atoms with Crippen molar-refractivity contribution >= 4 is 22.8 Å². The lowest BCUT2D eigenvalue weighted by Gasteiger charge is -2.10. The lowest BCUT2D eigenvalue weighted by molar-refractivity contribution is -0.124. The first kappa shape index (κ1) is 17.6. The second kappa shape index (κ2) is 8.25. The molecule has 0 saturated heterocycles. The first-order valence-corrected chi connectivity index (χ1v) is 8.58. The Morgan fingerprint density at radius 3 is 2.54 bits per heavy atom. The molecule has 1 aromatic heterocycles. The van der Waals surface area contributed by atoms with Crippen LogP contribution in [-0.2, 0) is 9.53 Å². The standard InChI is InChI=1S/C21H20N2O3/c1-2-12-22-20(24)14-26-21(25)17-13-19(15-8-4-3-5-9-15)23-18-11-7-6-10-16(17)18/h3-11,13H,2,12,14H2,1H3,(H,22,24). The molecule has 0 unspecified atom stereocenters. The Kier molecular flexibility index (Phi) is 5.59. The number of rotatable bonds is 6. The summed E-state index contributed by atoms with van der Waals surface area (Å²) in [5.74, 6) is -0.839. The zero-order valence-electron chi connectivity index (χ0n) is 14.6. The summed E-state index contributed by atoms with van der Waals surface area (Å²) in [7, 11) is 0. The summed E-state index contributed by atoms with van der Waals surface area (Å²) in [6.07, 6.45) is 0.828. The first-order valence-electron chi connectivity index (χ1n) is 8.58. The van der Waals surface area contributed by atoms with Crippen molar-refractivity contribution in [3.63, 3.8) is 0 Å². The van der Waals surface area contributed by atoms with Crippen LogP contribution in [-0.4, -0.2) is 30.0 Å². The number of nitrogens with one attached hydrogen (secondary N) is 1. The highest BCUT2D eigenvalue weighted by molar-refractivity contribution is 6.05. The van der Waals surface area contributed by atoms with Gasteiger partial charge in [0.05, 0.1) is 16.8 Å². The third kappa shape index (κ3) is 4.06. The van der Waals surface area contributed by atoms with Gasteiger partial charge in [-0.15, -0.1) is 0 Å². The predicted molar refractivity (Wildman–Crippen MR) is 101 cm³/mol. The summed E-state index contributed by atoms with van der Waals surface area (Å²) in [4.78, 5) is 28.9. The second-order valence-corrected chi connectivity index (χ2v) is 5.86. The molecule has 0 radical (unpaired) electrons. The Morgan fingerprint density at radius 1 is 1.04 bits per heavy atom. The van der Waals surface area contributed by atoms with Gasteiger partial charge in [0.1, 0.15) is 0 Å². The summed E-state index contributed by atoms with van der Waals surface area (Å²) in [6, 6.07) is 18.7. The summed E-state index contributed by atoms with van der Waals surface area (Å²) in [5, 5.41) is 3.39. The Bertz CT molecular complexity index is 923. The fraction of sp³-hybridized carbons (Fsp3) is 0.190. The van der Waals surface area contributed by atoms with Crippen LogP contribution in [0.4, 0.5) is 0 Å². The molecule has 3 aromatic rings. The normalized spacial score (nSPS) is 10.5. The van der Waals surface area contributed by atoms with Gasteiger partial charge < -0.3 is 10.1 Å². The van der Waals surface area contributed by atoms with Crippen LogP contribution in [0.1, 0.15) is 23.7 Å². The summed E-state index contributed by atoms with van der Waals surface area (Å²) in [5.41, 5.74) is 2.70. The van der Waals surface area contributed by atoms with Crippen LogP contribution in [0, 0.1) is 0 Å². The molecule has 0 bridgehead atoms. The van der Waals surface area contributed by atoms with E-state index in [0.29, 0.717) is 28.7 Å². The molecule has 132 valence electrons. The van der Waals surface area contributed by atoms with Crippen molar-refractivity contribution in [2.45, 2.75) is 13.3 Å². The summed E-state index contributed by atoms with van der Waals surface area (Å²) >= 11 is 0. The van der Waals surface area contributed by atoms with E-state index >= 15 is 0 Å². The van der Waals surface area contributed by atoms with E-state index in [9.17, 15) is 9.59 Å². The van der Waals surface area contributed by atoms with Crippen LogP contribution in [0.3, 0.4) is 0 Å². The van der Waals surface area contributed by atoms with E-state index < -0.39 is 5.97 Å². The highest BCUT2D eigenvalue weighted by atomic mass is 16.5. The zero-order valence-corrected chi connectivity index (χ0v) is 14.6. The largest absolute Gasteiger partial charge is 0.452 e. The summed E-state index contributed by atoms with van der Waals surface area (Å²) < 4.78 is 5.21. The van der Waals surface area contributed by atoms with Gasteiger partial charge >= 0.3 is 5.97 Å². The predicted octanol–water partition coefficient (Wildman–Crippen LogP) is 3.58. The van der Waals surface area contributed by atoms with Crippen LogP contribution in [0.2, 0.25) is 0 Å². The van der Waals surface area contributed by atoms with Crippen molar-refractivity contribution in [3.8, 4) is 11.3 Å². The van der Waals surface area contributed by atoms with Gasteiger partial charge in [-0.1, -0.05) is 55.5 Å². The zero-order chi connectivity index (χ0) is 18.4. The third-order valence-electron chi connectivity index (χ3n) is 3.91. The molecular formula is C21H20N2O3. The van der Waals surface area contributed by atoms with E-state index in [1.165, 1.54) is 0 Å². The van der Waals surface area contributed by atoms with Gasteiger partial charge in [-0.05, 0) is 18.6 Å². The topological polar surface area (TPSA) is 68.3 Å². The Hall–Kier alpha value is -3.21. The Labute approximate surface area is 152 Å². The number of aromatic nitrogens is 1. The molecule has 0 fully saturated rings. The Morgan fingerprint density at radius 2 is 1.77 bits per heavy atom. The number of hydrogen-bond acceptors (Lipinski definition) is 4. The molecule has 0 saturated carbocycles. The fourth-order valence-corrected chi connectivity index (χ4v) is 2.63. The molecule has 2 aromatic carbocycles. The Balaban J connectivity index is 1.91. The number of ether oxygens (including phenoxy) is 1. The second-order valence-electron chi connectivity index (χ2n) is 5.86. The van der Waals surface area contributed by atoms with E-state index in [1.54, 1.807) is 6.07 Å².